The van der Waals surface area contributed by atoms with Gasteiger partial charge in [0, 0.05) is 18.1 Å². The number of fused-ring (bicyclic) bond motifs is 6. The summed E-state index contributed by atoms with van der Waals surface area (Å²) in [6.07, 6.45) is 6.58. The van der Waals surface area contributed by atoms with E-state index in [0.29, 0.717) is 18.1 Å². The lowest BCUT2D eigenvalue weighted by Gasteiger charge is -2.39. The summed E-state index contributed by atoms with van der Waals surface area (Å²) in [7, 11) is 0. The highest BCUT2D eigenvalue weighted by atomic mass is 35.5. The minimum absolute atomic E-state index is 0. The minimum atomic E-state index is 0. The van der Waals surface area contributed by atoms with Crippen molar-refractivity contribution in [1.29, 1.82) is 0 Å². The van der Waals surface area contributed by atoms with Crippen molar-refractivity contribution >= 4 is 12.4 Å². The molecule has 1 aliphatic carbocycles. The zero-order chi connectivity index (χ0) is 13.8. The van der Waals surface area contributed by atoms with E-state index in [1.54, 1.807) is 22.3 Å². The van der Waals surface area contributed by atoms with Crippen molar-refractivity contribution in [3.8, 4) is 0 Å². The summed E-state index contributed by atoms with van der Waals surface area (Å²) in [6.45, 7) is 0. The molecule has 2 bridgehead atoms. The Bertz CT molecular complexity index is 640. The second-order valence-corrected chi connectivity index (χ2v) is 6.87. The standard InChI is InChI=1S/C20H21N.ClH/c1-2-7-15-13-16(12-14(15)6-1)21-19-10-5-11-20(21)18-9-4-3-8-17(18)19;/h1-4,6-9,16,19-20H,5,10-13H2;1H. The van der Waals surface area contributed by atoms with Crippen LogP contribution in [0.3, 0.4) is 0 Å². The number of benzene rings is 2. The molecule has 3 aliphatic rings. The van der Waals surface area contributed by atoms with Gasteiger partial charge in [0.25, 0.3) is 0 Å². The van der Waals surface area contributed by atoms with Crippen molar-refractivity contribution < 1.29 is 0 Å². The van der Waals surface area contributed by atoms with Crippen LogP contribution in [0.1, 0.15) is 53.6 Å². The van der Waals surface area contributed by atoms with Gasteiger partial charge in [-0.1, -0.05) is 48.5 Å². The van der Waals surface area contributed by atoms with Gasteiger partial charge in [-0.05, 0) is 54.4 Å². The quantitative estimate of drug-likeness (QED) is 0.727. The molecule has 2 heteroatoms. The maximum atomic E-state index is 2.87. The summed E-state index contributed by atoms with van der Waals surface area (Å²) in [5.74, 6) is 0. The predicted octanol–water partition coefficient (Wildman–Crippen LogP) is 4.86. The summed E-state index contributed by atoms with van der Waals surface area (Å²) < 4.78 is 0. The van der Waals surface area contributed by atoms with E-state index in [-0.39, 0.29) is 12.4 Å². The van der Waals surface area contributed by atoms with Gasteiger partial charge in [0.15, 0.2) is 0 Å². The van der Waals surface area contributed by atoms with Crippen LogP contribution in [-0.4, -0.2) is 10.9 Å². The van der Waals surface area contributed by atoms with E-state index in [1.165, 1.54) is 32.1 Å². The Morgan fingerprint density at radius 2 is 1.23 bits per heavy atom. The average molecular weight is 312 g/mol. The lowest BCUT2D eigenvalue weighted by molar-refractivity contribution is 0.0627. The molecule has 0 aromatic heterocycles. The first-order chi connectivity index (χ1) is 10.4. The molecule has 1 fully saturated rings. The highest BCUT2D eigenvalue weighted by molar-refractivity contribution is 5.85. The summed E-state index contributed by atoms with van der Waals surface area (Å²) in [4.78, 5) is 2.87. The molecule has 0 saturated carbocycles. The Morgan fingerprint density at radius 1 is 0.727 bits per heavy atom. The van der Waals surface area contributed by atoms with Crippen molar-refractivity contribution in [2.75, 3.05) is 0 Å². The van der Waals surface area contributed by atoms with Gasteiger partial charge < -0.3 is 0 Å². The molecule has 2 aromatic rings. The zero-order valence-electron chi connectivity index (χ0n) is 12.7. The molecule has 2 atom stereocenters. The molecular weight excluding hydrogens is 290 g/mol. The van der Waals surface area contributed by atoms with E-state index in [0.717, 1.165) is 0 Å². The number of hydrogen-bond donors (Lipinski definition) is 0. The van der Waals surface area contributed by atoms with E-state index in [4.69, 9.17) is 0 Å². The molecule has 2 heterocycles. The Balaban J connectivity index is 0.00000125. The van der Waals surface area contributed by atoms with E-state index >= 15 is 0 Å². The monoisotopic (exact) mass is 311 g/mol. The fourth-order valence-corrected chi connectivity index (χ4v) is 5.03. The first-order valence-electron chi connectivity index (χ1n) is 8.35. The second kappa shape index (κ2) is 5.40. The van der Waals surface area contributed by atoms with Gasteiger partial charge in [0.05, 0.1) is 0 Å². The molecule has 1 saturated heterocycles. The lowest BCUT2D eigenvalue weighted by atomic mass is 9.97. The number of hydrogen-bond acceptors (Lipinski definition) is 1. The van der Waals surface area contributed by atoms with Crippen LogP contribution in [-0.2, 0) is 12.8 Å². The van der Waals surface area contributed by atoms with Gasteiger partial charge in [0.2, 0.25) is 0 Å². The van der Waals surface area contributed by atoms with Crippen LogP contribution in [0.25, 0.3) is 0 Å². The van der Waals surface area contributed by atoms with Gasteiger partial charge in [-0.3, -0.25) is 4.90 Å². The normalized spacial score (nSPS) is 26.4. The zero-order valence-corrected chi connectivity index (χ0v) is 13.6. The smallest absolute Gasteiger partial charge is 0.0360 e. The molecule has 0 amide bonds. The minimum Gasteiger partial charge on any atom is -0.286 e. The molecule has 0 spiro atoms. The maximum absolute atomic E-state index is 2.87. The third kappa shape index (κ3) is 1.96. The molecule has 1 nitrogen and oxygen atoms in total. The lowest BCUT2D eigenvalue weighted by Crippen LogP contribution is -2.39. The van der Waals surface area contributed by atoms with Crippen LogP contribution in [0.15, 0.2) is 48.5 Å². The molecule has 0 N–H and O–H groups in total. The first kappa shape index (κ1) is 14.3. The van der Waals surface area contributed by atoms with Crippen molar-refractivity contribution in [2.24, 2.45) is 0 Å². The fraction of sp³-hybridized carbons (Fsp3) is 0.400. The molecule has 2 aromatic carbocycles. The van der Waals surface area contributed by atoms with Crippen LogP contribution >= 0.6 is 12.4 Å². The Labute approximate surface area is 138 Å². The van der Waals surface area contributed by atoms with E-state index in [1.807, 2.05) is 0 Å². The molecular formula is C20H22ClN. The van der Waals surface area contributed by atoms with Crippen molar-refractivity contribution in [1.82, 2.24) is 4.90 Å². The van der Waals surface area contributed by atoms with Crippen molar-refractivity contribution in [3.05, 3.63) is 70.8 Å². The number of rotatable bonds is 1. The fourth-order valence-electron chi connectivity index (χ4n) is 5.03. The number of nitrogens with zero attached hydrogens (tertiary/aromatic N) is 1. The third-order valence-corrected chi connectivity index (χ3v) is 5.84. The second-order valence-electron chi connectivity index (χ2n) is 6.87. The van der Waals surface area contributed by atoms with Crippen LogP contribution < -0.4 is 0 Å². The van der Waals surface area contributed by atoms with Crippen molar-refractivity contribution in [2.45, 2.75) is 50.2 Å². The summed E-state index contributed by atoms with van der Waals surface area (Å²) in [5.41, 5.74) is 6.40. The first-order valence-corrected chi connectivity index (χ1v) is 8.35. The molecule has 22 heavy (non-hydrogen) atoms. The molecule has 114 valence electrons. The number of halogens is 1. The van der Waals surface area contributed by atoms with Crippen LogP contribution in [0.4, 0.5) is 0 Å². The van der Waals surface area contributed by atoms with E-state index < -0.39 is 0 Å². The van der Waals surface area contributed by atoms with Crippen LogP contribution in [0.2, 0.25) is 0 Å². The van der Waals surface area contributed by atoms with Crippen LogP contribution in [0.5, 0.6) is 0 Å². The summed E-state index contributed by atoms with van der Waals surface area (Å²) in [5, 5.41) is 0. The molecule has 2 unspecified atom stereocenters. The maximum Gasteiger partial charge on any atom is 0.0360 e. The van der Waals surface area contributed by atoms with Gasteiger partial charge >= 0.3 is 0 Å². The Hall–Kier alpha value is -1.31. The summed E-state index contributed by atoms with van der Waals surface area (Å²) >= 11 is 0. The predicted molar refractivity (Wildman–Crippen MR) is 92.5 cm³/mol. The largest absolute Gasteiger partial charge is 0.286 e. The highest BCUT2D eigenvalue weighted by Gasteiger charge is 2.45. The Morgan fingerprint density at radius 3 is 1.77 bits per heavy atom. The van der Waals surface area contributed by atoms with Gasteiger partial charge in [-0.25, -0.2) is 0 Å². The van der Waals surface area contributed by atoms with Gasteiger partial charge in [-0.2, -0.15) is 0 Å². The van der Waals surface area contributed by atoms with Crippen LogP contribution in [0, 0.1) is 0 Å². The SMILES string of the molecule is Cl.c1ccc2c(c1)CC(N1C3CCCC1c1ccccc13)C2. The van der Waals surface area contributed by atoms with Gasteiger partial charge in [-0.15, -0.1) is 12.4 Å². The van der Waals surface area contributed by atoms with Gasteiger partial charge in [0.1, 0.15) is 0 Å². The summed E-state index contributed by atoms with van der Waals surface area (Å²) in [6, 6.07) is 20.3. The molecule has 0 radical (unpaired) electrons. The van der Waals surface area contributed by atoms with Crippen molar-refractivity contribution in [3.63, 3.8) is 0 Å². The average Bonchev–Trinajstić information content (AvgIpc) is 3.04. The molecule has 5 rings (SSSR count). The highest BCUT2D eigenvalue weighted by Crippen LogP contribution is 2.52. The Kier molecular flexibility index (Phi) is 3.51. The molecule has 2 aliphatic heterocycles. The topological polar surface area (TPSA) is 3.24 Å². The number of piperidine rings is 1. The van der Waals surface area contributed by atoms with E-state index in [9.17, 15) is 0 Å². The van der Waals surface area contributed by atoms with E-state index in [2.05, 4.69) is 53.4 Å². The third-order valence-electron chi connectivity index (χ3n) is 5.84.